The van der Waals surface area contributed by atoms with E-state index in [1.165, 1.54) is 23.3 Å². The van der Waals surface area contributed by atoms with Crippen molar-refractivity contribution < 1.29 is 9.32 Å². The lowest BCUT2D eigenvalue weighted by atomic mass is 10.1. The highest BCUT2D eigenvalue weighted by atomic mass is 32.2. The van der Waals surface area contributed by atoms with Crippen molar-refractivity contribution in [3.8, 4) is 11.4 Å². The molecule has 0 aliphatic carbocycles. The maximum absolute atomic E-state index is 11.9. The molecule has 0 fully saturated rings. The number of aryl methyl sites for hydroxylation is 2. The quantitative estimate of drug-likeness (QED) is 0.712. The topological polar surface area (TPSA) is 80.9 Å². The predicted molar refractivity (Wildman–Crippen MR) is 90.7 cm³/mol. The average molecular weight is 346 g/mol. The number of aromatic nitrogens is 3. The molecule has 23 heavy (non-hydrogen) atoms. The molecule has 1 aromatic carbocycles. The molecule has 0 atom stereocenters. The van der Waals surface area contributed by atoms with Gasteiger partial charge >= 0.3 is 0 Å². The van der Waals surface area contributed by atoms with E-state index in [4.69, 9.17) is 4.52 Å². The van der Waals surface area contributed by atoms with Gasteiger partial charge in [0.25, 0.3) is 0 Å². The zero-order valence-electron chi connectivity index (χ0n) is 12.6. The van der Waals surface area contributed by atoms with Crippen molar-refractivity contribution in [1.29, 1.82) is 0 Å². The van der Waals surface area contributed by atoms with Crippen LogP contribution in [-0.2, 0) is 4.79 Å². The summed E-state index contributed by atoms with van der Waals surface area (Å²) in [6, 6.07) is 9.63. The third kappa shape index (κ3) is 3.96. The van der Waals surface area contributed by atoms with Gasteiger partial charge in [-0.25, -0.2) is 4.98 Å². The lowest BCUT2D eigenvalue weighted by Gasteiger charge is -2.00. The number of nitrogens with zero attached hydrogens (tertiary/aromatic N) is 3. The van der Waals surface area contributed by atoms with E-state index in [1.807, 2.05) is 31.2 Å². The zero-order valence-corrected chi connectivity index (χ0v) is 14.2. The van der Waals surface area contributed by atoms with Gasteiger partial charge in [0, 0.05) is 11.6 Å². The van der Waals surface area contributed by atoms with E-state index in [0.717, 1.165) is 15.5 Å². The fourth-order valence-corrected chi connectivity index (χ4v) is 3.34. The Hall–Kier alpha value is -2.19. The van der Waals surface area contributed by atoms with Crippen LogP contribution in [-0.4, -0.2) is 26.2 Å². The normalized spacial score (nSPS) is 10.7. The Balaban J connectivity index is 1.59. The van der Waals surface area contributed by atoms with Gasteiger partial charge in [-0.1, -0.05) is 41.2 Å². The third-order valence-corrected chi connectivity index (χ3v) is 4.85. The molecule has 6 nitrogen and oxygen atoms in total. The van der Waals surface area contributed by atoms with Crippen LogP contribution in [0.5, 0.6) is 0 Å². The third-order valence-electron chi connectivity index (χ3n) is 3.02. The second-order valence-corrected chi connectivity index (χ2v) is 6.83. The van der Waals surface area contributed by atoms with Crippen LogP contribution >= 0.6 is 23.3 Å². The monoisotopic (exact) mass is 346 g/mol. The molecule has 0 saturated carbocycles. The van der Waals surface area contributed by atoms with Crippen LogP contribution in [0.4, 0.5) is 5.82 Å². The summed E-state index contributed by atoms with van der Waals surface area (Å²) in [5.74, 6) is 1.86. The Morgan fingerprint density at radius 1 is 1.35 bits per heavy atom. The summed E-state index contributed by atoms with van der Waals surface area (Å²) >= 11 is 2.64. The fraction of sp³-hybridized carbons (Fsp3) is 0.200. The summed E-state index contributed by atoms with van der Waals surface area (Å²) in [4.78, 5) is 16.3. The molecule has 8 heteroatoms. The molecule has 1 N–H and O–H groups in total. The van der Waals surface area contributed by atoms with Crippen molar-refractivity contribution >= 4 is 35.0 Å². The smallest absolute Gasteiger partial charge is 0.236 e. The molecule has 0 spiro atoms. The molecule has 118 valence electrons. The van der Waals surface area contributed by atoms with Crippen LogP contribution in [0.1, 0.15) is 11.3 Å². The molecular formula is C15H14N4O2S2. The minimum atomic E-state index is -0.157. The Morgan fingerprint density at radius 2 is 2.17 bits per heavy atom. The van der Waals surface area contributed by atoms with Gasteiger partial charge in [-0.15, -0.1) is 0 Å². The van der Waals surface area contributed by atoms with Crippen molar-refractivity contribution in [3.63, 3.8) is 0 Å². The van der Waals surface area contributed by atoms with E-state index < -0.39 is 0 Å². The number of carbonyl (C=O) groups is 1. The Bertz CT molecular complexity index is 828. The zero-order chi connectivity index (χ0) is 16.2. The minimum Gasteiger partial charge on any atom is -0.360 e. The van der Waals surface area contributed by atoms with E-state index in [1.54, 1.807) is 13.0 Å². The lowest BCUT2D eigenvalue weighted by Crippen LogP contribution is -2.14. The first-order chi connectivity index (χ1) is 11.1. The van der Waals surface area contributed by atoms with E-state index in [2.05, 4.69) is 19.8 Å². The van der Waals surface area contributed by atoms with Gasteiger partial charge in [0.2, 0.25) is 5.91 Å². The van der Waals surface area contributed by atoms with E-state index in [-0.39, 0.29) is 11.7 Å². The molecule has 0 aliphatic rings. The van der Waals surface area contributed by atoms with Crippen LogP contribution in [0.3, 0.4) is 0 Å². The molecule has 3 rings (SSSR count). The van der Waals surface area contributed by atoms with Gasteiger partial charge in [0.05, 0.1) is 5.75 Å². The first-order valence-corrected chi connectivity index (χ1v) is 8.63. The maximum Gasteiger partial charge on any atom is 0.236 e. The standard InChI is InChI=1S/C15H14N4O2S2/c1-9-5-3-4-6-11(9)14-17-15(23-19-14)22-8-13(20)16-12-7-10(2)21-18-12/h3-7H,8H2,1-2H3,(H,16,18,20). The summed E-state index contributed by atoms with van der Waals surface area (Å²) in [5.41, 5.74) is 2.14. The van der Waals surface area contributed by atoms with Crippen LogP contribution in [0.15, 0.2) is 39.2 Å². The highest BCUT2D eigenvalue weighted by molar-refractivity contribution is 8.01. The molecule has 0 unspecified atom stereocenters. The number of anilines is 1. The number of hydrogen-bond donors (Lipinski definition) is 1. The first-order valence-electron chi connectivity index (χ1n) is 6.87. The van der Waals surface area contributed by atoms with Crippen LogP contribution < -0.4 is 5.32 Å². The lowest BCUT2D eigenvalue weighted by molar-refractivity contribution is -0.113. The van der Waals surface area contributed by atoms with E-state index >= 15 is 0 Å². The molecule has 2 heterocycles. The number of thioether (sulfide) groups is 1. The van der Waals surface area contributed by atoms with Crippen LogP contribution in [0, 0.1) is 13.8 Å². The number of nitrogens with one attached hydrogen (secondary N) is 1. The second-order valence-electron chi connectivity index (χ2n) is 4.86. The van der Waals surface area contributed by atoms with Crippen molar-refractivity contribution in [3.05, 3.63) is 41.7 Å². The highest BCUT2D eigenvalue weighted by Crippen LogP contribution is 2.26. The van der Waals surface area contributed by atoms with Crippen molar-refractivity contribution in [2.75, 3.05) is 11.1 Å². The van der Waals surface area contributed by atoms with Gasteiger partial charge in [-0.3, -0.25) is 4.79 Å². The van der Waals surface area contributed by atoms with Crippen LogP contribution in [0.25, 0.3) is 11.4 Å². The number of amides is 1. The van der Waals surface area contributed by atoms with E-state index in [0.29, 0.717) is 17.4 Å². The molecule has 1 amide bonds. The largest absolute Gasteiger partial charge is 0.360 e. The van der Waals surface area contributed by atoms with Gasteiger partial charge in [0.1, 0.15) is 5.76 Å². The number of benzene rings is 1. The Kier molecular flexibility index (Phi) is 4.73. The van der Waals surface area contributed by atoms with Crippen molar-refractivity contribution in [2.24, 2.45) is 0 Å². The predicted octanol–water partition coefficient (Wildman–Crippen LogP) is 3.54. The molecule has 0 saturated heterocycles. The van der Waals surface area contributed by atoms with Gasteiger partial charge in [-0.05, 0) is 30.9 Å². The average Bonchev–Trinajstić information content (AvgIpc) is 3.15. The maximum atomic E-state index is 11.9. The molecule has 2 aromatic heterocycles. The summed E-state index contributed by atoms with van der Waals surface area (Å²) < 4.78 is 10.0. The minimum absolute atomic E-state index is 0.157. The molecule has 3 aromatic rings. The Labute approximate surface area is 141 Å². The van der Waals surface area contributed by atoms with Crippen molar-refractivity contribution in [1.82, 2.24) is 14.5 Å². The second kappa shape index (κ2) is 6.93. The molecule has 0 bridgehead atoms. The SMILES string of the molecule is Cc1cc(NC(=O)CSc2nc(-c3ccccc3C)ns2)no1. The highest BCUT2D eigenvalue weighted by Gasteiger charge is 2.12. The van der Waals surface area contributed by atoms with E-state index in [9.17, 15) is 4.79 Å². The van der Waals surface area contributed by atoms with Gasteiger partial charge in [0.15, 0.2) is 16.0 Å². The fourth-order valence-electron chi connectivity index (χ4n) is 1.93. The molecule has 0 radical (unpaired) electrons. The van der Waals surface area contributed by atoms with Crippen LogP contribution in [0.2, 0.25) is 0 Å². The van der Waals surface area contributed by atoms with Gasteiger partial charge < -0.3 is 9.84 Å². The summed E-state index contributed by atoms with van der Waals surface area (Å²) in [5, 5.41) is 6.40. The number of rotatable bonds is 5. The number of carbonyl (C=O) groups excluding carboxylic acids is 1. The first kappa shape index (κ1) is 15.7. The Morgan fingerprint density at radius 3 is 2.91 bits per heavy atom. The number of hydrogen-bond acceptors (Lipinski definition) is 7. The summed E-state index contributed by atoms with van der Waals surface area (Å²) in [7, 11) is 0. The van der Waals surface area contributed by atoms with Crippen molar-refractivity contribution in [2.45, 2.75) is 18.2 Å². The molecule has 0 aliphatic heterocycles. The summed E-state index contributed by atoms with van der Waals surface area (Å²) in [6.07, 6.45) is 0. The molecular weight excluding hydrogens is 332 g/mol. The van der Waals surface area contributed by atoms with Gasteiger partial charge in [-0.2, -0.15) is 4.37 Å². The summed E-state index contributed by atoms with van der Waals surface area (Å²) in [6.45, 7) is 3.79.